The van der Waals surface area contributed by atoms with E-state index in [1.165, 1.54) is 55.6 Å². The molecule has 0 spiro atoms. The summed E-state index contributed by atoms with van der Waals surface area (Å²) in [5, 5.41) is 3.56. The molecule has 1 N–H and O–H groups in total. The Balaban J connectivity index is 1.52. The molecule has 0 saturated carbocycles. The van der Waals surface area contributed by atoms with Crippen molar-refractivity contribution in [2.45, 2.75) is 13.5 Å². The van der Waals surface area contributed by atoms with E-state index in [9.17, 15) is 0 Å². The molecule has 0 atom stereocenters. The minimum atomic E-state index is 1.02. The van der Waals surface area contributed by atoms with Gasteiger partial charge in [-0.2, -0.15) is 0 Å². The molecule has 0 radical (unpaired) electrons. The van der Waals surface area contributed by atoms with Gasteiger partial charge in [-0.3, -0.25) is 9.80 Å². The Morgan fingerprint density at radius 1 is 1.10 bits per heavy atom. The summed E-state index contributed by atoms with van der Waals surface area (Å²) < 4.78 is 0. The van der Waals surface area contributed by atoms with E-state index in [1.54, 1.807) is 0 Å². The zero-order chi connectivity index (χ0) is 15.1. The molecule has 1 aliphatic heterocycles. The Kier molecular flexibility index (Phi) is 7.13. The van der Waals surface area contributed by atoms with Gasteiger partial charge in [-0.25, -0.2) is 0 Å². The summed E-state index contributed by atoms with van der Waals surface area (Å²) in [6.07, 6.45) is 0. The summed E-state index contributed by atoms with van der Waals surface area (Å²) >= 11 is 1.90. The maximum atomic E-state index is 3.56. The number of nitrogens with one attached hydrogen (secondary N) is 1. The van der Waals surface area contributed by atoms with Gasteiger partial charge in [-0.15, -0.1) is 11.3 Å². The van der Waals surface area contributed by atoms with Crippen molar-refractivity contribution in [1.29, 1.82) is 0 Å². The van der Waals surface area contributed by atoms with E-state index in [2.05, 4.69) is 53.2 Å². The van der Waals surface area contributed by atoms with Crippen molar-refractivity contribution < 1.29 is 0 Å². The van der Waals surface area contributed by atoms with Crippen LogP contribution in [0, 0.1) is 6.92 Å². The number of thiophene rings is 1. The van der Waals surface area contributed by atoms with Crippen LogP contribution in [0.5, 0.6) is 0 Å². The highest BCUT2D eigenvalue weighted by atomic mass is 32.1. The highest BCUT2D eigenvalue weighted by Gasteiger charge is 2.15. The number of rotatable bonds is 8. The van der Waals surface area contributed by atoms with Gasteiger partial charge in [0.2, 0.25) is 0 Å². The molecule has 120 valence electrons. The first-order valence-corrected chi connectivity index (χ1v) is 8.80. The lowest BCUT2D eigenvalue weighted by Crippen LogP contribution is -2.49. The number of piperazine rings is 1. The zero-order valence-corrected chi connectivity index (χ0v) is 14.6. The first-order valence-electron chi connectivity index (χ1n) is 7.99. The molecule has 0 aromatic carbocycles. The topological polar surface area (TPSA) is 21.8 Å². The molecule has 21 heavy (non-hydrogen) atoms. The molecule has 0 amide bonds. The second kappa shape index (κ2) is 8.86. The Morgan fingerprint density at radius 3 is 2.33 bits per heavy atom. The van der Waals surface area contributed by atoms with Crippen molar-refractivity contribution in [2.75, 3.05) is 66.5 Å². The smallest absolute Gasteiger partial charge is 0.0300 e. The van der Waals surface area contributed by atoms with Gasteiger partial charge in [0, 0.05) is 68.7 Å². The highest BCUT2D eigenvalue weighted by Crippen LogP contribution is 2.14. The number of nitrogens with zero attached hydrogens (tertiary/aromatic N) is 3. The van der Waals surface area contributed by atoms with Crippen LogP contribution in [0.1, 0.15) is 9.75 Å². The van der Waals surface area contributed by atoms with E-state index >= 15 is 0 Å². The molecule has 2 rings (SSSR count). The average Bonchev–Trinajstić information content (AvgIpc) is 2.88. The van der Waals surface area contributed by atoms with Crippen LogP contribution < -0.4 is 5.32 Å². The molecule has 5 heteroatoms. The highest BCUT2D eigenvalue weighted by molar-refractivity contribution is 7.11. The Morgan fingerprint density at radius 2 is 1.76 bits per heavy atom. The van der Waals surface area contributed by atoms with Crippen LogP contribution >= 0.6 is 11.3 Å². The monoisotopic (exact) mass is 310 g/mol. The Bertz CT molecular complexity index is 397. The second-order valence-corrected chi connectivity index (χ2v) is 7.55. The zero-order valence-electron chi connectivity index (χ0n) is 13.8. The molecular formula is C16H30N4S. The number of likely N-dealkylation sites (N-methyl/N-ethyl adjacent to an activating group) is 1. The van der Waals surface area contributed by atoms with E-state index < -0.39 is 0 Å². The van der Waals surface area contributed by atoms with Gasteiger partial charge < -0.3 is 10.2 Å². The third-order valence-corrected chi connectivity index (χ3v) is 5.03. The average molecular weight is 311 g/mol. The fourth-order valence-electron chi connectivity index (χ4n) is 2.61. The minimum absolute atomic E-state index is 1.02. The molecular weight excluding hydrogens is 280 g/mol. The molecule has 1 aliphatic rings. The van der Waals surface area contributed by atoms with Gasteiger partial charge in [-0.1, -0.05) is 0 Å². The van der Waals surface area contributed by atoms with Crippen LogP contribution in [-0.4, -0.2) is 81.2 Å². The van der Waals surface area contributed by atoms with Gasteiger partial charge in [0.25, 0.3) is 0 Å². The first-order chi connectivity index (χ1) is 10.1. The van der Waals surface area contributed by atoms with Gasteiger partial charge in [0.15, 0.2) is 0 Å². The van der Waals surface area contributed by atoms with Gasteiger partial charge >= 0.3 is 0 Å². The maximum absolute atomic E-state index is 3.56. The first kappa shape index (κ1) is 16.9. The normalized spacial score (nSPS) is 17.7. The van der Waals surface area contributed by atoms with Crippen LogP contribution in [0.15, 0.2) is 12.1 Å². The predicted octanol–water partition coefficient (Wildman–Crippen LogP) is 1.33. The fraction of sp³-hybridized carbons (Fsp3) is 0.750. The lowest BCUT2D eigenvalue weighted by Gasteiger charge is -2.35. The standard InChI is InChI=1S/C16H30N4S/c1-15-4-5-16(21-15)14-17-6-7-19-10-12-20(13-11-19)9-8-18(2)3/h4-5,17H,6-14H2,1-3H3. The molecule has 0 bridgehead atoms. The molecule has 1 saturated heterocycles. The largest absolute Gasteiger partial charge is 0.311 e. The molecule has 1 aromatic heterocycles. The SMILES string of the molecule is Cc1ccc(CNCCN2CCN(CCN(C)C)CC2)s1. The van der Waals surface area contributed by atoms with E-state index in [1.807, 2.05) is 11.3 Å². The van der Waals surface area contributed by atoms with Gasteiger partial charge in [-0.05, 0) is 33.2 Å². The van der Waals surface area contributed by atoms with Gasteiger partial charge in [0.1, 0.15) is 0 Å². The van der Waals surface area contributed by atoms with E-state index in [0.717, 1.165) is 13.1 Å². The summed E-state index contributed by atoms with van der Waals surface area (Å²) in [6.45, 7) is 12.7. The predicted molar refractivity (Wildman–Crippen MR) is 92.2 cm³/mol. The molecule has 1 aromatic rings. The van der Waals surface area contributed by atoms with Crippen molar-refractivity contribution in [3.05, 3.63) is 21.9 Å². The van der Waals surface area contributed by atoms with Crippen molar-refractivity contribution in [3.8, 4) is 0 Å². The number of hydrogen-bond acceptors (Lipinski definition) is 5. The number of aryl methyl sites for hydroxylation is 1. The van der Waals surface area contributed by atoms with Crippen molar-refractivity contribution in [2.24, 2.45) is 0 Å². The summed E-state index contributed by atoms with van der Waals surface area (Å²) in [5.74, 6) is 0. The van der Waals surface area contributed by atoms with E-state index in [0.29, 0.717) is 0 Å². The molecule has 2 heterocycles. The van der Waals surface area contributed by atoms with E-state index in [4.69, 9.17) is 0 Å². The summed E-state index contributed by atoms with van der Waals surface area (Å²) in [4.78, 5) is 10.3. The molecule has 4 nitrogen and oxygen atoms in total. The second-order valence-electron chi connectivity index (χ2n) is 6.18. The van der Waals surface area contributed by atoms with Gasteiger partial charge in [0.05, 0.1) is 0 Å². The maximum Gasteiger partial charge on any atom is 0.0300 e. The quantitative estimate of drug-likeness (QED) is 0.731. The lowest BCUT2D eigenvalue weighted by atomic mass is 10.3. The van der Waals surface area contributed by atoms with Crippen LogP contribution in [0.4, 0.5) is 0 Å². The van der Waals surface area contributed by atoms with E-state index in [-0.39, 0.29) is 0 Å². The van der Waals surface area contributed by atoms with Crippen LogP contribution in [0.3, 0.4) is 0 Å². The van der Waals surface area contributed by atoms with Crippen LogP contribution in [0.25, 0.3) is 0 Å². The minimum Gasteiger partial charge on any atom is -0.311 e. The van der Waals surface area contributed by atoms with Crippen molar-refractivity contribution in [1.82, 2.24) is 20.0 Å². The van der Waals surface area contributed by atoms with Crippen molar-refractivity contribution >= 4 is 11.3 Å². The third-order valence-electron chi connectivity index (χ3n) is 4.03. The lowest BCUT2D eigenvalue weighted by molar-refractivity contribution is 0.126. The Hall–Kier alpha value is -0.460. The number of hydrogen-bond donors (Lipinski definition) is 1. The van der Waals surface area contributed by atoms with Crippen molar-refractivity contribution in [3.63, 3.8) is 0 Å². The molecule has 0 aliphatic carbocycles. The summed E-state index contributed by atoms with van der Waals surface area (Å²) in [5.41, 5.74) is 0. The molecule has 0 unspecified atom stereocenters. The molecule has 1 fully saturated rings. The third kappa shape index (κ3) is 6.45. The summed E-state index contributed by atoms with van der Waals surface area (Å²) in [6, 6.07) is 4.44. The van der Waals surface area contributed by atoms with Crippen LogP contribution in [0.2, 0.25) is 0 Å². The summed E-state index contributed by atoms with van der Waals surface area (Å²) in [7, 11) is 4.30. The van der Waals surface area contributed by atoms with Crippen LogP contribution in [-0.2, 0) is 6.54 Å². The Labute approximate surface area is 133 Å². The fourth-order valence-corrected chi connectivity index (χ4v) is 3.47.